The van der Waals surface area contributed by atoms with Crippen LogP contribution in [0.3, 0.4) is 0 Å². The van der Waals surface area contributed by atoms with Gasteiger partial charge in [0.2, 0.25) is 0 Å². The Balaban J connectivity index is 2.11. The standard InChI is InChI=1S/C26H35F3N4O3/c1-24(2,3)21-14-22(33(32(21)7)16-19-9-8-12-35-19)31-23(34)20-13-18(26(27,28)29)11-10-17(20)15-30-36-25(4,5)6/h10-11,13-15,19H,8-9,12,16H2,1-7H3/b30-15-,31-22+/t19-/m1/s1. The van der Waals surface area contributed by atoms with Crippen molar-refractivity contribution in [3.63, 3.8) is 0 Å². The molecule has 0 spiro atoms. The van der Waals surface area contributed by atoms with E-state index in [4.69, 9.17) is 9.57 Å². The Bertz CT molecular complexity index is 1190. The molecule has 1 fully saturated rings. The molecule has 7 nitrogen and oxygen atoms in total. The molecule has 3 rings (SSSR count). The van der Waals surface area contributed by atoms with E-state index in [-0.39, 0.29) is 22.6 Å². The minimum Gasteiger partial charge on any atom is -0.390 e. The van der Waals surface area contributed by atoms with Crippen molar-refractivity contribution in [3.8, 4) is 0 Å². The lowest BCUT2D eigenvalue weighted by molar-refractivity contribution is -0.137. The monoisotopic (exact) mass is 508 g/mol. The second-order valence-corrected chi connectivity index (χ2v) is 11.0. The number of aromatic nitrogens is 2. The van der Waals surface area contributed by atoms with Gasteiger partial charge in [-0.3, -0.25) is 14.2 Å². The van der Waals surface area contributed by atoms with Crippen molar-refractivity contribution in [1.82, 2.24) is 9.36 Å². The van der Waals surface area contributed by atoms with Gasteiger partial charge in [-0.1, -0.05) is 32.0 Å². The second-order valence-electron chi connectivity index (χ2n) is 11.0. The number of nitrogens with zero attached hydrogens (tertiary/aromatic N) is 4. The van der Waals surface area contributed by atoms with Crippen LogP contribution in [0.4, 0.5) is 13.2 Å². The first kappa shape index (κ1) is 27.7. The van der Waals surface area contributed by atoms with Crippen LogP contribution in [0.2, 0.25) is 0 Å². The number of carbonyl (C=O) groups is 1. The van der Waals surface area contributed by atoms with Crippen LogP contribution in [-0.2, 0) is 34.8 Å². The van der Waals surface area contributed by atoms with E-state index in [2.05, 4.69) is 10.1 Å². The summed E-state index contributed by atoms with van der Waals surface area (Å²) in [7, 11) is 1.88. The third-order valence-electron chi connectivity index (χ3n) is 5.76. The fraction of sp³-hybridized carbons (Fsp3) is 0.577. The first-order chi connectivity index (χ1) is 16.6. The van der Waals surface area contributed by atoms with Crippen molar-refractivity contribution in [2.75, 3.05) is 6.61 Å². The zero-order chi connectivity index (χ0) is 26.9. The van der Waals surface area contributed by atoms with E-state index in [0.29, 0.717) is 18.6 Å². The summed E-state index contributed by atoms with van der Waals surface area (Å²) in [6.07, 6.45) is -1.56. The lowest BCUT2D eigenvalue weighted by Crippen LogP contribution is -2.30. The molecule has 10 heteroatoms. The highest BCUT2D eigenvalue weighted by atomic mass is 19.4. The molecule has 0 unspecified atom stereocenters. The van der Waals surface area contributed by atoms with Gasteiger partial charge in [-0.05, 0) is 45.7 Å². The molecule has 0 aliphatic carbocycles. The van der Waals surface area contributed by atoms with Crippen LogP contribution in [0.25, 0.3) is 0 Å². The highest BCUT2D eigenvalue weighted by molar-refractivity contribution is 6.03. The Morgan fingerprint density at radius 3 is 2.42 bits per heavy atom. The fourth-order valence-electron chi connectivity index (χ4n) is 4.00. The Morgan fingerprint density at radius 1 is 1.17 bits per heavy atom. The van der Waals surface area contributed by atoms with Gasteiger partial charge in [0.25, 0.3) is 5.91 Å². The minimum atomic E-state index is -4.61. The van der Waals surface area contributed by atoms with Crippen molar-refractivity contribution in [1.29, 1.82) is 0 Å². The zero-order valence-corrected chi connectivity index (χ0v) is 21.9. The largest absolute Gasteiger partial charge is 0.416 e. The highest BCUT2D eigenvalue weighted by Gasteiger charge is 2.32. The third-order valence-corrected chi connectivity index (χ3v) is 5.76. The van der Waals surface area contributed by atoms with Crippen LogP contribution in [0.15, 0.2) is 34.4 Å². The predicted octanol–water partition coefficient (Wildman–Crippen LogP) is 5.21. The Labute approximate surface area is 209 Å². The van der Waals surface area contributed by atoms with Crippen LogP contribution in [-0.4, -0.2) is 39.8 Å². The number of halogens is 3. The quantitative estimate of drug-likeness (QED) is 0.411. The molecule has 1 aromatic carbocycles. The van der Waals surface area contributed by atoms with Crippen LogP contribution >= 0.6 is 0 Å². The zero-order valence-electron chi connectivity index (χ0n) is 21.9. The van der Waals surface area contributed by atoms with Crippen molar-refractivity contribution in [3.05, 3.63) is 52.1 Å². The summed E-state index contributed by atoms with van der Waals surface area (Å²) < 4.78 is 49.9. The molecule has 0 N–H and O–H groups in total. The lowest BCUT2D eigenvalue weighted by Gasteiger charge is -2.21. The Morgan fingerprint density at radius 2 is 1.86 bits per heavy atom. The first-order valence-corrected chi connectivity index (χ1v) is 12.0. The number of rotatable bonds is 5. The number of carbonyl (C=O) groups excluding carboxylic acids is 1. The van der Waals surface area contributed by atoms with Crippen molar-refractivity contribution in [2.24, 2.45) is 17.2 Å². The summed E-state index contributed by atoms with van der Waals surface area (Å²) in [6, 6.07) is 4.72. The van der Waals surface area contributed by atoms with E-state index >= 15 is 0 Å². The molecule has 1 aliphatic heterocycles. The molecule has 0 bridgehead atoms. The van der Waals surface area contributed by atoms with E-state index < -0.39 is 23.2 Å². The van der Waals surface area contributed by atoms with Gasteiger partial charge in [-0.15, -0.1) is 0 Å². The van der Waals surface area contributed by atoms with E-state index in [1.54, 1.807) is 26.8 Å². The van der Waals surface area contributed by atoms with Crippen LogP contribution in [0.1, 0.15) is 81.6 Å². The number of benzene rings is 1. The summed E-state index contributed by atoms with van der Waals surface area (Å²) >= 11 is 0. The van der Waals surface area contributed by atoms with E-state index in [1.807, 2.05) is 37.2 Å². The van der Waals surface area contributed by atoms with Crippen LogP contribution in [0, 0.1) is 0 Å². The Hall–Kier alpha value is -2.88. The van der Waals surface area contributed by atoms with E-state index in [1.165, 1.54) is 12.3 Å². The van der Waals surface area contributed by atoms with Gasteiger partial charge < -0.3 is 9.57 Å². The second kappa shape index (κ2) is 10.2. The summed E-state index contributed by atoms with van der Waals surface area (Å²) in [5, 5.41) is 3.87. The maximum Gasteiger partial charge on any atom is 0.416 e. The number of hydrogen-bond acceptors (Lipinski definition) is 4. The maximum atomic E-state index is 13.5. The summed E-state index contributed by atoms with van der Waals surface area (Å²) in [5.41, 5.74) is -0.536. The van der Waals surface area contributed by atoms with Gasteiger partial charge in [0.15, 0.2) is 5.49 Å². The number of alkyl halides is 3. The van der Waals surface area contributed by atoms with Gasteiger partial charge in [-0.25, -0.2) is 0 Å². The summed E-state index contributed by atoms with van der Waals surface area (Å²) in [4.78, 5) is 22.9. The maximum absolute atomic E-state index is 13.5. The lowest BCUT2D eigenvalue weighted by atomic mass is 9.92. The predicted molar refractivity (Wildman–Crippen MR) is 131 cm³/mol. The van der Waals surface area contributed by atoms with Crippen LogP contribution in [0.5, 0.6) is 0 Å². The van der Waals surface area contributed by atoms with Crippen molar-refractivity contribution >= 4 is 12.1 Å². The molecule has 0 saturated carbocycles. The summed E-state index contributed by atoms with van der Waals surface area (Å²) in [5.74, 6) is -0.801. The number of ether oxygens (including phenoxy) is 1. The van der Waals surface area contributed by atoms with E-state index in [9.17, 15) is 18.0 Å². The smallest absolute Gasteiger partial charge is 0.390 e. The molecule has 2 aromatic rings. The fourth-order valence-corrected chi connectivity index (χ4v) is 4.00. The average Bonchev–Trinajstić information content (AvgIpc) is 3.35. The molecule has 1 aromatic heterocycles. The Kier molecular flexibility index (Phi) is 7.88. The molecule has 2 heterocycles. The molecule has 1 atom stereocenters. The number of oxime groups is 1. The highest BCUT2D eigenvalue weighted by Crippen LogP contribution is 2.31. The van der Waals surface area contributed by atoms with Gasteiger partial charge in [0.05, 0.1) is 30.0 Å². The minimum absolute atomic E-state index is 0.0220. The molecule has 0 radical (unpaired) electrons. The molecular weight excluding hydrogens is 473 g/mol. The SMILES string of the molecule is Cn1c(C(C)(C)C)c/c(=N\C(=O)c2cc(C(F)(F)F)ccc2/C=N\OC(C)(C)C)n1C[C@H]1CCCO1. The van der Waals surface area contributed by atoms with Gasteiger partial charge in [0, 0.05) is 36.4 Å². The topological polar surface area (TPSA) is 70.1 Å². The van der Waals surface area contributed by atoms with Crippen molar-refractivity contribution < 1.29 is 27.5 Å². The third kappa shape index (κ3) is 6.87. The molecule has 1 saturated heterocycles. The molecular formula is C26H35F3N4O3. The summed E-state index contributed by atoms with van der Waals surface area (Å²) in [6.45, 7) is 12.6. The van der Waals surface area contributed by atoms with Gasteiger partial charge in [-0.2, -0.15) is 18.2 Å². The average molecular weight is 509 g/mol. The molecule has 1 amide bonds. The molecule has 36 heavy (non-hydrogen) atoms. The number of amides is 1. The first-order valence-electron chi connectivity index (χ1n) is 12.0. The molecule has 1 aliphatic rings. The van der Waals surface area contributed by atoms with Crippen molar-refractivity contribution in [2.45, 2.75) is 84.2 Å². The van der Waals surface area contributed by atoms with E-state index in [0.717, 1.165) is 30.7 Å². The number of hydrogen-bond donors (Lipinski definition) is 0. The van der Waals surface area contributed by atoms with Gasteiger partial charge in [0.1, 0.15) is 5.60 Å². The van der Waals surface area contributed by atoms with Crippen LogP contribution < -0.4 is 5.49 Å². The van der Waals surface area contributed by atoms with Gasteiger partial charge >= 0.3 is 6.18 Å². The molecule has 198 valence electrons. The normalized spacial score (nSPS) is 17.8.